The zero-order chi connectivity index (χ0) is 25.8. The summed E-state index contributed by atoms with van der Waals surface area (Å²) in [6.07, 6.45) is 6.66. The highest BCUT2D eigenvalue weighted by molar-refractivity contribution is 7.86. The molecule has 4 aromatic rings. The first-order valence-corrected chi connectivity index (χ1v) is 13.6. The van der Waals surface area contributed by atoms with Crippen LogP contribution in [0.2, 0.25) is 0 Å². The van der Waals surface area contributed by atoms with Gasteiger partial charge in [0.1, 0.15) is 20.2 Å². The Kier molecular flexibility index (Phi) is 7.32. The van der Waals surface area contributed by atoms with Gasteiger partial charge in [0, 0.05) is 0 Å². The minimum Gasteiger partial charge on any atom is -0.744 e. The third-order valence-electron chi connectivity index (χ3n) is 5.44. The van der Waals surface area contributed by atoms with Crippen molar-refractivity contribution < 1.29 is 25.9 Å². The lowest BCUT2D eigenvalue weighted by Gasteiger charge is -2.10. The standard InChI is InChI=1S/C28H22O6S2/c29-35(30,31)27-7-3-1-5-25(27)19-13-21-9-15-23(16-10-21)24-17-11-22(12-18-24)14-20-26-6-2-4-8-28(26)36(32,33)34/h1-20H,(H,29,30,31)(H,32,33,34)/p-2/b19-13+,20-14+. The predicted molar refractivity (Wildman–Crippen MR) is 139 cm³/mol. The van der Waals surface area contributed by atoms with Gasteiger partial charge < -0.3 is 9.11 Å². The fourth-order valence-electron chi connectivity index (χ4n) is 3.64. The Morgan fingerprint density at radius 2 is 0.778 bits per heavy atom. The molecule has 4 rings (SSSR count). The van der Waals surface area contributed by atoms with Gasteiger partial charge in [0.05, 0.1) is 9.79 Å². The van der Waals surface area contributed by atoms with E-state index in [2.05, 4.69) is 0 Å². The summed E-state index contributed by atoms with van der Waals surface area (Å²) in [5.41, 5.74) is 4.26. The van der Waals surface area contributed by atoms with Crippen molar-refractivity contribution in [2.75, 3.05) is 0 Å². The van der Waals surface area contributed by atoms with E-state index in [4.69, 9.17) is 0 Å². The van der Waals surface area contributed by atoms with Gasteiger partial charge in [-0.2, -0.15) is 0 Å². The zero-order valence-corrected chi connectivity index (χ0v) is 20.4. The lowest BCUT2D eigenvalue weighted by atomic mass is 10.0. The van der Waals surface area contributed by atoms with Gasteiger partial charge in [0.15, 0.2) is 0 Å². The lowest BCUT2D eigenvalue weighted by molar-refractivity contribution is 0.460. The highest BCUT2D eigenvalue weighted by Gasteiger charge is 2.06. The molecule has 4 aromatic carbocycles. The van der Waals surface area contributed by atoms with E-state index >= 15 is 0 Å². The molecule has 0 aliphatic rings. The van der Waals surface area contributed by atoms with Crippen LogP contribution in [0.15, 0.2) is 107 Å². The van der Waals surface area contributed by atoms with Gasteiger partial charge in [-0.1, -0.05) is 109 Å². The van der Waals surface area contributed by atoms with Gasteiger partial charge in [-0.3, -0.25) is 0 Å². The number of benzene rings is 4. The number of hydrogen-bond acceptors (Lipinski definition) is 6. The van der Waals surface area contributed by atoms with Crippen molar-refractivity contribution in [2.24, 2.45) is 0 Å². The van der Waals surface area contributed by atoms with E-state index in [1.165, 1.54) is 24.3 Å². The molecular weight excluding hydrogens is 496 g/mol. The maximum Gasteiger partial charge on any atom is 0.125 e. The van der Waals surface area contributed by atoms with Gasteiger partial charge in [-0.25, -0.2) is 16.8 Å². The third kappa shape index (κ3) is 6.24. The summed E-state index contributed by atoms with van der Waals surface area (Å²) in [6, 6.07) is 27.3. The summed E-state index contributed by atoms with van der Waals surface area (Å²) in [5.74, 6) is 0. The van der Waals surface area contributed by atoms with Crippen molar-refractivity contribution in [2.45, 2.75) is 9.79 Å². The molecule has 8 heteroatoms. The van der Waals surface area contributed by atoms with Crippen molar-refractivity contribution in [3.8, 4) is 11.1 Å². The fraction of sp³-hybridized carbons (Fsp3) is 0. The van der Waals surface area contributed by atoms with Gasteiger partial charge in [0.2, 0.25) is 0 Å². The van der Waals surface area contributed by atoms with Gasteiger partial charge in [0.25, 0.3) is 0 Å². The van der Waals surface area contributed by atoms with E-state index in [0.717, 1.165) is 22.3 Å². The van der Waals surface area contributed by atoms with Crippen LogP contribution in [0.5, 0.6) is 0 Å². The van der Waals surface area contributed by atoms with Crippen LogP contribution in [0.1, 0.15) is 22.3 Å². The van der Waals surface area contributed by atoms with Gasteiger partial charge in [-0.15, -0.1) is 0 Å². The van der Waals surface area contributed by atoms with Crippen LogP contribution < -0.4 is 0 Å². The van der Waals surface area contributed by atoms with Crippen LogP contribution in [0, 0.1) is 0 Å². The summed E-state index contributed by atoms with van der Waals surface area (Å²) in [4.78, 5) is -0.518. The Hall–Kier alpha value is -3.82. The van der Waals surface area contributed by atoms with E-state index in [9.17, 15) is 25.9 Å². The molecule has 182 valence electrons. The van der Waals surface area contributed by atoms with E-state index in [-0.39, 0.29) is 9.79 Å². The molecule has 0 atom stereocenters. The highest BCUT2D eigenvalue weighted by Crippen LogP contribution is 2.24. The average molecular weight is 517 g/mol. The molecule has 6 nitrogen and oxygen atoms in total. The molecule has 0 saturated heterocycles. The predicted octanol–water partition coefficient (Wildman–Crippen LogP) is 5.50. The Morgan fingerprint density at radius 3 is 1.11 bits per heavy atom. The minimum absolute atomic E-state index is 0.259. The molecule has 0 aromatic heterocycles. The molecule has 0 aliphatic heterocycles. The summed E-state index contributed by atoms with van der Waals surface area (Å²) >= 11 is 0. The fourth-order valence-corrected chi connectivity index (χ4v) is 4.98. The molecule has 0 aliphatic carbocycles. The summed E-state index contributed by atoms with van der Waals surface area (Å²) in [7, 11) is -9.12. The van der Waals surface area contributed by atoms with Crippen LogP contribution in [0.25, 0.3) is 35.4 Å². The second kappa shape index (κ2) is 10.4. The molecule has 0 bridgehead atoms. The van der Waals surface area contributed by atoms with Crippen molar-refractivity contribution in [3.63, 3.8) is 0 Å². The Labute approximate surface area is 210 Å². The van der Waals surface area contributed by atoms with Crippen LogP contribution in [0.3, 0.4) is 0 Å². The molecule has 36 heavy (non-hydrogen) atoms. The SMILES string of the molecule is O=S(=O)([O-])c1ccccc1/C=C/c1ccc(-c2ccc(/C=C/c3ccccc3S(=O)(=O)[O-])cc2)cc1. The second-order valence-corrected chi connectivity index (χ2v) is 10.6. The molecular formula is C28H20O6S2-2. The smallest absolute Gasteiger partial charge is 0.125 e. The topological polar surface area (TPSA) is 114 Å². The van der Waals surface area contributed by atoms with Gasteiger partial charge in [-0.05, 0) is 45.5 Å². The Morgan fingerprint density at radius 1 is 0.444 bits per heavy atom. The van der Waals surface area contributed by atoms with E-state index < -0.39 is 20.2 Å². The largest absolute Gasteiger partial charge is 0.744 e. The van der Waals surface area contributed by atoms with Crippen LogP contribution >= 0.6 is 0 Å². The Balaban J connectivity index is 1.49. The monoisotopic (exact) mass is 516 g/mol. The molecule has 0 saturated carbocycles. The van der Waals surface area contributed by atoms with Crippen molar-refractivity contribution in [1.82, 2.24) is 0 Å². The second-order valence-electron chi connectivity index (χ2n) is 7.89. The Bertz CT molecular complexity index is 1520. The maximum atomic E-state index is 11.4. The zero-order valence-electron chi connectivity index (χ0n) is 18.8. The first kappa shape index (κ1) is 25.3. The summed E-state index contributed by atoms with van der Waals surface area (Å²) in [5, 5.41) is 0. The summed E-state index contributed by atoms with van der Waals surface area (Å²) < 4.78 is 68.6. The molecule has 0 radical (unpaired) electrons. The first-order chi connectivity index (χ1) is 17.1. The van der Waals surface area contributed by atoms with Crippen LogP contribution in [0.4, 0.5) is 0 Å². The highest BCUT2D eigenvalue weighted by atomic mass is 32.2. The maximum absolute atomic E-state index is 11.4. The van der Waals surface area contributed by atoms with Gasteiger partial charge >= 0.3 is 0 Å². The third-order valence-corrected chi connectivity index (χ3v) is 7.26. The van der Waals surface area contributed by atoms with Crippen LogP contribution in [-0.2, 0) is 20.2 Å². The average Bonchev–Trinajstić information content (AvgIpc) is 2.86. The van der Waals surface area contributed by atoms with Crippen molar-refractivity contribution in [3.05, 3.63) is 119 Å². The number of hydrogen-bond donors (Lipinski definition) is 0. The van der Waals surface area contributed by atoms with E-state index in [1.807, 2.05) is 48.5 Å². The molecule has 0 spiro atoms. The van der Waals surface area contributed by atoms with Crippen LogP contribution in [-0.4, -0.2) is 25.9 Å². The molecule has 0 amide bonds. The minimum atomic E-state index is -4.56. The molecule has 0 N–H and O–H groups in total. The van der Waals surface area contributed by atoms with Crippen molar-refractivity contribution >= 4 is 44.5 Å². The molecule has 0 unspecified atom stereocenters. The lowest BCUT2D eigenvalue weighted by Crippen LogP contribution is -2.00. The first-order valence-electron chi connectivity index (χ1n) is 10.8. The summed E-state index contributed by atoms with van der Waals surface area (Å²) in [6.45, 7) is 0. The van der Waals surface area contributed by atoms with E-state index in [0.29, 0.717) is 11.1 Å². The number of rotatable bonds is 7. The van der Waals surface area contributed by atoms with Crippen molar-refractivity contribution in [1.29, 1.82) is 0 Å². The quantitative estimate of drug-likeness (QED) is 0.237. The molecule has 0 fully saturated rings. The normalized spacial score (nSPS) is 12.4. The molecule has 0 heterocycles. The van der Waals surface area contributed by atoms with E-state index in [1.54, 1.807) is 48.6 Å².